The van der Waals surface area contributed by atoms with Gasteiger partial charge < -0.3 is 10.8 Å². The first-order valence-corrected chi connectivity index (χ1v) is 8.18. The van der Waals surface area contributed by atoms with Crippen molar-refractivity contribution in [3.8, 4) is 0 Å². The topological polar surface area (TPSA) is 62.4 Å². The van der Waals surface area contributed by atoms with Crippen molar-refractivity contribution in [2.75, 3.05) is 12.3 Å². The number of hydrogen-bond donors (Lipinski definition) is 2. The van der Waals surface area contributed by atoms with Gasteiger partial charge in [-0.05, 0) is 32.2 Å². The van der Waals surface area contributed by atoms with Crippen molar-refractivity contribution in [2.24, 2.45) is 5.92 Å². The third-order valence-corrected chi connectivity index (χ3v) is 5.43. The van der Waals surface area contributed by atoms with E-state index in [4.69, 9.17) is 5.73 Å². The van der Waals surface area contributed by atoms with Gasteiger partial charge >= 0.3 is 0 Å². The zero-order chi connectivity index (χ0) is 13.2. The van der Waals surface area contributed by atoms with E-state index in [-0.39, 0.29) is 18.5 Å². The molecular formula is C14H24ClN3OS. The first kappa shape index (κ1) is 16.0. The summed E-state index contributed by atoms with van der Waals surface area (Å²) < 4.78 is 0. The van der Waals surface area contributed by atoms with Crippen LogP contribution in [0.2, 0.25) is 0 Å². The Kier molecular flexibility index (Phi) is 5.66. The molecule has 3 N–H and O–H groups in total. The van der Waals surface area contributed by atoms with E-state index in [1.807, 2.05) is 6.20 Å². The van der Waals surface area contributed by atoms with Crippen molar-refractivity contribution in [2.45, 2.75) is 57.2 Å². The molecule has 1 saturated carbocycles. The van der Waals surface area contributed by atoms with Crippen LogP contribution in [0.5, 0.6) is 0 Å². The van der Waals surface area contributed by atoms with Crippen LogP contribution in [0.15, 0.2) is 6.20 Å². The first-order chi connectivity index (χ1) is 9.24. The van der Waals surface area contributed by atoms with Crippen molar-refractivity contribution in [1.29, 1.82) is 0 Å². The Morgan fingerprint density at radius 3 is 2.80 bits per heavy atom. The fourth-order valence-corrected chi connectivity index (χ4v) is 4.43. The molecule has 2 fully saturated rings. The molecule has 2 aliphatic rings. The number of rotatable bonds is 3. The van der Waals surface area contributed by atoms with Crippen LogP contribution in [-0.4, -0.2) is 33.7 Å². The van der Waals surface area contributed by atoms with Gasteiger partial charge in [0.15, 0.2) is 5.13 Å². The van der Waals surface area contributed by atoms with Gasteiger partial charge in [0.05, 0.1) is 6.10 Å². The molecule has 6 heteroatoms. The van der Waals surface area contributed by atoms with Gasteiger partial charge in [0.1, 0.15) is 0 Å². The summed E-state index contributed by atoms with van der Waals surface area (Å²) in [7, 11) is 0. The van der Waals surface area contributed by atoms with E-state index >= 15 is 0 Å². The van der Waals surface area contributed by atoms with Crippen LogP contribution in [0.1, 0.15) is 43.4 Å². The molecule has 3 unspecified atom stereocenters. The van der Waals surface area contributed by atoms with Crippen molar-refractivity contribution >= 4 is 28.9 Å². The molecule has 0 aromatic carbocycles. The normalized spacial score (nSPS) is 31.1. The number of aromatic nitrogens is 1. The second kappa shape index (κ2) is 7.07. The summed E-state index contributed by atoms with van der Waals surface area (Å²) in [6.45, 7) is 2.09. The predicted molar refractivity (Wildman–Crippen MR) is 85.2 cm³/mol. The Bertz CT molecular complexity index is 428. The second-order valence-corrected chi connectivity index (χ2v) is 7.01. The third kappa shape index (κ3) is 3.45. The maximum absolute atomic E-state index is 10.3. The molecule has 1 saturated heterocycles. The molecule has 1 aliphatic heterocycles. The largest absolute Gasteiger partial charge is 0.393 e. The highest BCUT2D eigenvalue weighted by atomic mass is 35.5. The number of nitrogens with two attached hydrogens (primary N) is 1. The van der Waals surface area contributed by atoms with Gasteiger partial charge in [-0.2, -0.15) is 0 Å². The van der Waals surface area contributed by atoms with Gasteiger partial charge in [0.2, 0.25) is 0 Å². The number of hydrogen-bond acceptors (Lipinski definition) is 5. The molecule has 0 radical (unpaired) electrons. The van der Waals surface area contributed by atoms with Crippen LogP contribution in [0.4, 0.5) is 5.13 Å². The summed E-state index contributed by atoms with van der Waals surface area (Å²) in [4.78, 5) is 7.91. The Hall–Kier alpha value is -0.360. The van der Waals surface area contributed by atoms with E-state index in [1.165, 1.54) is 37.0 Å². The zero-order valence-corrected chi connectivity index (χ0v) is 13.3. The number of nitrogens with zero attached hydrogens (tertiary/aromatic N) is 2. The fraction of sp³-hybridized carbons (Fsp3) is 0.786. The zero-order valence-electron chi connectivity index (χ0n) is 11.7. The molecule has 1 aliphatic carbocycles. The summed E-state index contributed by atoms with van der Waals surface area (Å²) in [5, 5.41) is 10.9. The summed E-state index contributed by atoms with van der Waals surface area (Å²) >= 11 is 1.59. The maximum atomic E-state index is 10.3. The minimum atomic E-state index is -0.0918. The van der Waals surface area contributed by atoms with Crippen molar-refractivity contribution in [3.63, 3.8) is 0 Å². The van der Waals surface area contributed by atoms with Crippen molar-refractivity contribution in [3.05, 3.63) is 11.1 Å². The molecule has 3 atom stereocenters. The van der Waals surface area contributed by atoms with E-state index < -0.39 is 0 Å². The summed E-state index contributed by atoms with van der Waals surface area (Å²) in [5.41, 5.74) is 5.70. The van der Waals surface area contributed by atoms with Crippen LogP contribution in [0, 0.1) is 5.92 Å². The van der Waals surface area contributed by atoms with E-state index in [9.17, 15) is 5.11 Å². The Balaban J connectivity index is 0.00000147. The number of anilines is 1. The highest BCUT2D eigenvalue weighted by molar-refractivity contribution is 7.15. The molecule has 2 heterocycles. The third-order valence-electron chi connectivity index (χ3n) is 4.62. The number of aliphatic hydroxyl groups excluding tert-OH is 1. The van der Waals surface area contributed by atoms with Crippen LogP contribution in [0.25, 0.3) is 0 Å². The number of nitrogen functional groups attached to an aromatic ring is 1. The van der Waals surface area contributed by atoms with E-state index in [0.29, 0.717) is 17.1 Å². The lowest BCUT2D eigenvalue weighted by Crippen LogP contribution is -2.42. The van der Waals surface area contributed by atoms with Gasteiger partial charge in [0.25, 0.3) is 0 Å². The maximum Gasteiger partial charge on any atom is 0.180 e. The van der Waals surface area contributed by atoms with Gasteiger partial charge in [-0.3, -0.25) is 4.90 Å². The molecular weight excluding hydrogens is 294 g/mol. The molecule has 20 heavy (non-hydrogen) atoms. The van der Waals surface area contributed by atoms with Gasteiger partial charge in [-0.15, -0.1) is 23.7 Å². The molecule has 3 rings (SSSR count). The van der Waals surface area contributed by atoms with E-state index in [0.717, 1.165) is 19.5 Å². The minimum absolute atomic E-state index is 0. The lowest BCUT2D eigenvalue weighted by Gasteiger charge is -2.37. The Labute approximate surface area is 130 Å². The minimum Gasteiger partial charge on any atom is -0.393 e. The molecule has 1 aromatic rings. The fourth-order valence-electron chi connectivity index (χ4n) is 3.72. The Morgan fingerprint density at radius 2 is 2.10 bits per heavy atom. The first-order valence-electron chi connectivity index (χ1n) is 7.36. The molecule has 4 nitrogen and oxygen atoms in total. The van der Waals surface area contributed by atoms with E-state index in [1.54, 1.807) is 11.3 Å². The quantitative estimate of drug-likeness (QED) is 0.899. The van der Waals surface area contributed by atoms with Gasteiger partial charge in [0, 0.05) is 29.6 Å². The van der Waals surface area contributed by atoms with Crippen LogP contribution >= 0.6 is 23.7 Å². The molecule has 0 amide bonds. The lowest BCUT2D eigenvalue weighted by molar-refractivity contribution is 0.0204. The average molecular weight is 318 g/mol. The van der Waals surface area contributed by atoms with Crippen molar-refractivity contribution < 1.29 is 5.11 Å². The van der Waals surface area contributed by atoms with E-state index in [2.05, 4.69) is 9.88 Å². The number of thiazole rings is 1. The van der Waals surface area contributed by atoms with Gasteiger partial charge in [-0.1, -0.05) is 12.8 Å². The summed E-state index contributed by atoms with van der Waals surface area (Å²) in [5.74, 6) is 0.474. The average Bonchev–Trinajstić information content (AvgIpc) is 3.00. The standard InChI is InChI=1S/C14H23N3OS.ClH/c15-14-16-8-10(19-14)9-17-7-3-5-12(17)11-4-1-2-6-13(11)18;/h8,11-13,18H,1-7,9H2,(H2,15,16);1H. The predicted octanol–water partition coefficient (Wildman–Crippen LogP) is 2.66. The summed E-state index contributed by atoms with van der Waals surface area (Å²) in [6, 6.07) is 0.554. The van der Waals surface area contributed by atoms with Gasteiger partial charge in [-0.25, -0.2) is 4.98 Å². The van der Waals surface area contributed by atoms with Crippen LogP contribution in [-0.2, 0) is 6.54 Å². The molecule has 1 aromatic heterocycles. The van der Waals surface area contributed by atoms with Crippen LogP contribution in [0.3, 0.4) is 0 Å². The Morgan fingerprint density at radius 1 is 1.30 bits per heavy atom. The number of likely N-dealkylation sites (tertiary alicyclic amines) is 1. The van der Waals surface area contributed by atoms with Crippen LogP contribution < -0.4 is 5.73 Å². The van der Waals surface area contributed by atoms with Crippen molar-refractivity contribution in [1.82, 2.24) is 9.88 Å². The second-order valence-electron chi connectivity index (χ2n) is 5.86. The molecule has 0 bridgehead atoms. The monoisotopic (exact) mass is 317 g/mol. The lowest BCUT2D eigenvalue weighted by atomic mass is 9.80. The SMILES string of the molecule is Cl.Nc1ncc(CN2CCCC2C2CCCCC2O)s1. The highest BCUT2D eigenvalue weighted by Gasteiger charge is 2.36. The number of halogens is 1. The molecule has 114 valence electrons. The highest BCUT2D eigenvalue weighted by Crippen LogP contribution is 2.35. The number of aliphatic hydroxyl groups is 1. The summed E-state index contributed by atoms with van der Waals surface area (Å²) in [6.07, 6.45) is 8.93. The smallest absolute Gasteiger partial charge is 0.180 e. The molecule has 0 spiro atoms.